The van der Waals surface area contributed by atoms with Crippen molar-refractivity contribution in [2.75, 3.05) is 11.4 Å². The van der Waals surface area contributed by atoms with E-state index < -0.39 is 0 Å². The van der Waals surface area contributed by atoms with Crippen LogP contribution in [0.1, 0.15) is 43.5 Å². The van der Waals surface area contributed by atoms with E-state index in [9.17, 15) is 0 Å². The Hall–Kier alpha value is -1.16. The van der Waals surface area contributed by atoms with Crippen LogP contribution in [0.2, 0.25) is 0 Å². The lowest BCUT2D eigenvalue weighted by Crippen LogP contribution is -2.43. The maximum absolute atomic E-state index is 4.84. The van der Waals surface area contributed by atoms with Gasteiger partial charge in [0, 0.05) is 12.6 Å². The van der Waals surface area contributed by atoms with Gasteiger partial charge in [0.05, 0.1) is 5.39 Å². The lowest BCUT2D eigenvalue weighted by atomic mass is 9.92. The monoisotopic (exact) mass is 287 g/mol. The highest BCUT2D eigenvalue weighted by atomic mass is 32.1. The Morgan fingerprint density at radius 3 is 2.90 bits per heavy atom. The van der Waals surface area contributed by atoms with Gasteiger partial charge in [-0.3, -0.25) is 0 Å². The molecule has 0 radical (unpaired) electrons. The average molecular weight is 287 g/mol. The van der Waals surface area contributed by atoms with Crippen LogP contribution in [0.15, 0.2) is 5.38 Å². The van der Waals surface area contributed by atoms with Crippen LogP contribution in [0.5, 0.6) is 0 Å². The fourth-order valence-corrected chi connectivity index (χ4v) is 5.05. The maximum atomic E-state index is 4.84. The van der Waals surface area contributed by atoms with Gasteiger partial charge in [-0.05, 0) is 56.4 Å². The standard InChI is InChI=1S/C16H21N3S/c1-10-9-20-16-14(10)15(17-11(2)18-16)19-8-4-6-12-5-3-7-13(12)19/h9,12-13H,3-8H2,1-2H3. The molecule has 2 fully saturated rings. The number of aryl methyl sites for hydroxylation is 2. The first-order chi connectivity index (χ1) is 9.74. The smallest absolute Gasteiger partial charge is 0.141 e. The normalized spacial score (nSPS) is 26.2. The molecule has 0 aromatic carbocycles. The van der Waals surface area contributed by atoms with Crippen LogP contribution in [-0.2, 0) is 0 Å². The van der Waals surface area contributed by atoms with E-state index in [1.807, 2.05) is 6.92 Å². The van der Waals surface area contributed by atoms with Gasteiger partial charge in [-0.2, -0.15) is 0 Å². The summed E-state index contributed by atoms with van der Waals surface area (Å²) in [4.78, 5) is 13.2. The molecule has 1 aliphatic heterocycles. The molecule has 2 aliphatic rings. The third-order valence-electron chi connectivity index (χ3n) is 4.98. The Bertz CT molecular complexity index is 648. The first-order valence-corrected chi connectivity index (χ1v) is 8.61. The van der Waals surface area contributed by atoms with E-state index in [1.54, 1.807) is 11.3 Å². The molecule has 106 valence electrons. The van der Waals surface area contributed by atoms with Gasteiger partial charge in [0.25, 0.3) is 0 Å². The van der Waals surface area contributed by atoms with Crippen LogP contribution >= 0.6 is 11.3 Å². The molecule has 0 N–H and O–H groups in total. The van der Waals surface area contributed by atoms with Crippen LogP contribution in [0.3, 0.4) is 0 Å². The number of fused-ring (bicyclic) bond motifs is 2. The second kappa shape index (κ2) is 4.69. The van der Waals surface area contributed by atoms with Crippen LogP contribution < -0.4 is 4.90 Å². The number of rotatable bonds is 1. The van der Waals surface area contributed by atoms with Crippen molar-refractivity contribution >= 4 is 27.4 Å². The Kier molecular flexibility index (Phi) is 2.95. The Morgan fingerprint density at radius 2 is 2.00 bits per heavy atom. The van der Waals surface area contributed by atoms with Crippen molar-refractivity contribution in [1.82, 2.24) is 9.97 Å². The molecule has 1 aliphatic carbocycles. The molecule has 0 bridgehead atoms. The second-order valence-corrected chi connectivity index (χ2v) is 7.15. The van der Waals surface area contributed by atoms with E-state index in [-0.39, 0.29) is 0 Å². The average Bonchev–Trinajstić information content (AvgIpc) is 3.04. The SMILES string of the molecule is Cc1nc(N2CCCC3CCCC32)c2c(C)csc2n1. The molecule has 3 nitrogen and oxygen atoms in total. The van der Waals surface area contributed by atoms with Gasteiger partial charge in [0.2, 0.25) is 0 Å². The van der Waals surface area contributed by atoms with Crippen LogP contribution in [0.4, 0.5) is 5.82 Å². The van der Waals surface area contributed by atoms with Gasteiger partial charge in [-0.1, -0.05) is 6.42 Å². The van der Waals surface area contributed by atoms with Crippen molar-refractivity contribution in [2.24, 2.45) is 5.92 Å². The minimum absolute atomic E-state index is 0.723. The van der Waals surface area contributed by atoms with E-state index >= 15 is 0 Å². The summed E-state index contributed by atoms with van der Waals surface area (Å²) >= 11 is 1.75. The van der Waals surface area contributed by atoms with Crippen molar-refractivity contribution in [2.45, 2.75) is 52.0 Å². The lowest BCUT2D eigenvalue weighted by molar-refractivity contribution is 0.361. The third-order valence-corrected chi connectivity index (χ3v) is 5.97. The van der Waals surface area contributed by atoms with E-state index in [4.69, 9.17) is 4.98 Å². The number of hydrogen-bond acceptors (Lipinski definition) is 4. The van der Waals surface area contributed by atoms with Crippen molar-refractivity contribution < 1.29 is 0 Å². The van der Waals surface area contributed by atoms with Gasteiger partial charge in [-0.25, -0.2) is 9.97 Å². The maximum Gasteiger partial charge on any atom is 0.141 e. The minimum atomic E-state index is 0.723. The number of anilines is 1. The van der Waals surface area contributed by atoms with Gasteiger partial charge in [0.15, 0.2) is 0 Å². The van der Waals surface area contributed by atoms with Gasteiger partial charge < -0.3 is 4.90 Å². The van der Waals surface area contributed by atoms with Crippen LogP contribution in [0.25, 0.3) is 10.2 Å². The van der Waals surface area contributed by atoms with E-state index in [0.717, 1.165) is 22.6 Å². The summed E-state index contributed by atoms with van der Waals surface area (Å²) in [5, 5.41) is 3.52. The summed E-state index contributed by atoms with van der Waals surface area (Å²) in [6.07, 6.45) is 6.88. The molecule has 20 heavy (non-hydrogen) atoms. The Labute approximate surface area is 124 Å². The molecule has 0 spiro atoms. The lowest BCUT2D eigenvalue weighted by Gasteiger charge is -2.39. The molecule has 4 rings (SSSR count). The van der Waals surface area contributed by atoms with Gasteiger partial charge in [0.1, 0.15) is 16.5 Å². The van der Waals surface area contributed by atoms with Gasteiger partial charge in [-0.15, -0.1) is 11.3 Å². The van der Waals surface area contributed by atoms with Crippen molar-refractivity contribution in [3.05, 3.63) is 16.8 Å². The first kappa shape index (κ1) is 12.6. The molecule has 1 saturated carbocycles. The van der Waals surface area contributed by atoms with Crippen LogP contribution in [0, 0.1) is 19.8 Å². The molecular formula is C16H21N3S. The molecule has 3 heterocycles. The van der Waals surface area contributed by atoms with E-state index in [0.29, 0.717) is 0 Å². The van der Waals surface area contributed by atoms with E-state index in [2.05, 4.69) is 22.2 Å². The molecule has 1 saturated heterocycles. The molecule has 2 atom stereocenters. The van der Waals surface area contributed by atoms with Crippen molar-refractivity contribution in [1.29, 1.82) is 0 Å². The number of aromatic nitrogens is 2. The zero-order valence-corrected chi connectivity index (χ0v) is 13.0. The van der Waals surface area contributed by atoms with Crippen molar-refractivity contribution in [3.8, 4) is 0 Å². The largest absolute Gasteiger partial charge is 0.353 e. The number of piperidine rings is 1. The summed E-state index contributed by atoms with van der Waals surface area (Å²) in [5.74, 6) is 3.02. The first-order valence-electron chi connectivity index (χ1n) is 7.73. The highest BCUT2D eigenvalue weighted by Crippen LogP contribution is 2.41. The summed E-state index contributed by atoms with van der Waals surface area (Å²) in [7, 11) is 0. The second-order valence-electron chi connectivity index (χ2n) is 6.29. The molecule has 4 heteroatoms. The summed E-state index contributed by atoms with van der Waals surface area (Å²) < 4.78 is 0. The predicted octanol–water partition coefficient (Wildman–Crippen LogP) is 4.08. The summed E-state index contributed by atoms with van der Waals surface area (Å²) in [6.45, 7) is 5.38. The molecule has 2 unspecified atom stereocenters. The minimum Gasteiger partial charge on any atom is -0.353 e. The molecule has 0 amide bonds. The van der Waals surface area contributed by atoms with Crippen LogP contribution in [-0.4, -0.2) is 22.6 Å². The molecule has 2 aromatic heterocycles. The van der Waals surface area contributed by atoms with Crippen molar-refractivity contribution in [3.63, 3.8) is 0 Å². The number of nitrogens with zero attached hydrogens (tertiary/aromatic N) is 3. The zero-order valence-electron chi connectivity index (χ0n) is 12.2. The number of hydrogen-bond donors (Lipinski definition) is 0. The fraction of sp³-hybridized carbons (Fsp3) is 0.625. The zero-order chi connectivity index (χ0) is 13.7. The molecule has 2 aromatic rings. The van der Waals surface area contributed by atoms with E-state index in [1.165, 1.54) is 55.4 Å². The summed E-state index contributed by atoms with van der Waals surface area (Å²) in [6, 6.07) is 0.723. The third kappa shape index (κ3) is 1.85. The topological polar surface area (TPSA) is 29.0 Å². The fourth-order valence-electron chi connectivity index (χ4n) is 4.09. The Balaban J connectivity index is 1.86. The predicted molar refractivity (Wildman–Crippen MR) is 84.6 cm³/mol. The van der Waals surface area contributed by atoms with Gasteiger partial charge >= 0.3 is 0 Å². The Morgan fingerprint density at radius 1 is 1.15 bits per heavy atom. The molecular weight excluding hydrogens is 266 g/mol. The quantitative estimate of drug-likeness (QED) is 0.791. The highest BCUT2D eigenvalue weighted by Gasteiger charge is 2.36. The number of thiophene rings is 1. The highest BCUT2D eigenvalue weighted by molar-refractivity contribution is 7.17. The summed E-state index contributed by atoms with van der Waals surface area (Å²) in [5.41, 5.74) is 1.33.